The zero-order chi connectivity index (χ0) is 23.0. The molecule has 14 heteroatoms. The van der Waals surface area contributed by atoms with Crippen LogP contribution in [0.2, 0.25) is 0 Å². The third-order valence-electron chi connectivity index (χ3n) is 6.19. The molecule has 2 heterocycles. The van der Waals surface area contributed by atoms with Gasteiger partial charge in [0.05, 0.1) is 25.4 Å². The minimum Gasteiger partial charge on any atom is -0.394 e. The first kappa shape index (κ1) is 25.1. The predicted octanol–water partition coefficient (Wildman–Crippen LogP) is -7.01. The van der Waals surface area contributed by atoms with Gasteiger partial charge in [-0.05, 0) is 6.42 Å². The number of ether oxygens (including phenoxy) is 3. The Morgan fingerprint density at radius 3 is 1.94 bits per heavy atom. The molecule has 31 heavy (non-hydrogen) atoms. The van der Waals surface area contributed by atoms with Crippen molar-refractivity contribution < 1.29 is 55.1 Å². The molecule has 3 fully saturated rings. The van der Waals surface area contributed by atoms with Crippen LogP contribution in [-0.4, -0.2) is 140 Å². The Labute approximate surface area is 177 Å². The summed E-state index contributed by atoms with van der Waals surface area (Å²) in [6, 6.07) is -2.96. The lowest BCUT2D eigenvalue weighted by molar-refractivity contribution is -0.296. The molecule has 3 rings (SSSR count). The number of nitrogens with two attached hydrogens (primary N) is 2. The number of hydrogen-bond acceptors (Lipinski definition) is 14. The van der Waals surface area contributed by atoms with Crippen molar-refractivity contribution in [1.82, 2.24) is 5.32 Å². The summed E-state index contributed by atoms with van der Waals surface area (Å²) in [5, 5.41) is 82.5. The number of aliphatic hydroxyl groups excluding tert-OH is 8. The molecule has 0 amide bonds. The summed E-state index contributed by atoms with van der Waals surface area (Å²) in [6.45, 7) is -1.16. The molecule has 14 atom stereocenters. The van der Waals surface area contributed by atoms with E-state index in [1.807, 2.05) is 0 Å². The molecule has 13 N–H and O–H groups in total. The molecule has 3 aliphatic rings. The highest BCUT2D eigenvalue weighted by atomic mass is 16.7. The van der Waals surface area contributed by atoms with Crippen LogP contribution in [0.5, 0.6) is 0 Å². The monoisotopic (exact) mass is 455 g/mol. The number of aliphatic hydroxyl groups is 8. The zero-order valence-electron chi connectivity index (χ0n) is 16.7. The molecule has 0 unspecified atom stereocenters. The molecule has 2 saturated heterocycles. The van der Waals surface area contributed by atoms with Crippen LogP contribution in [0.25, 0.3) is 0 Å². The first-order valence-electron chi connectivity index (χ1n) is 10.1. The van der Waals surface area contributed by atoms with Crippen LogP contribution in [0.4, 0.5) is 0 Å². The smallest absolute Gasteiger partial charge is 0.176 e. The zero-order valence-corrected chi connectivity index (χ0v) is 16.7. The van der Waals surface area contributed by atoms with Gasteiger partial charge in [-0.2, -0.15) is 0 Å². The van der Waals surface area contributed by atoms with Gasteiger partial charge in [-0.3, -0.25) is 5.32 Å². The third-order valence-corrected chi connectivity index (χ3v) is 6.19. The summed E-state index contributed by atoms with van der Waals surface area (Å²) in [6.07, 6.45) is -14.5. The van der Waals surface area contributed by atoms with E-state index in [1.54, 1.807) is 0 Å². The Morgan fingerprint density at radius 1 is 0.774 bits per heavy atom. The van der Waals surface area contributed by atoms with Crippen molar-refractivity contribution in [3.05, 3.63) is 0 Å². The van der Waals surface area contributed by atoms with Crippen molar-refractivity contribution >= 4 is 0 Å². The molecule has 0 bridgehead atoms. The highest BCUT2D eigenvalue weighted by molar-refractivity contribution is 5.02. The van der Waals surface area contributed by atoms with Gasteiger partial charge in [-0.25, -0.2) is 0 Å². The van der Waals surface area contributed by atoms with Crippen molar-refractivity contribution in [2.45, 2.75) is 92.0 Å². The van der Waals surface area contributed by atoms with Gasteiger partial charge in [0.1, 0.15) is 55.1 Å². The molecule has 0 aromatic heterocycles. The summed E-state index contributed by atoms with van der Waals surface area (Å²) in [5.41, 5.74) is 11.8. The quantitative estimate of drug-likeness (QED) is 0.178. The van der Waals surface area contributed by atoms with Gasteiger partial charge in [0.15, 0.2) is 6.29 Å². The molecule has 0 radical (unpaired) electrons. The van der Waals surface area contributed by atoms with Crippen LogP contribution >= 0.6 is 0 Å². The minimum absolute atomic E-state index is 0.0475. The van der Waals surface area contributed by atoms with E-state index in [1.165, 1.54) is 0 Å². The van der Waals surface area contributed by atoms with E-state index in [9.17, 15) is 40.9 Å². The highest BCUT2D eigenvalue weighted by Crippen LogP contribution is 2.29. The molecule has 0 aromatic rings. The summed E-state index contributed by atoms with van der Waals surface area (Å²) < 4.78 is 16.6. The fourth-order valence-corrected chi connectivity index (χ4v) is 4.22. The lowest BCUT2D eigenvalue weighted by Gasteiger charge is -2.47. The van der Waals surface area contributed by atoms with Gasteiger partial charge in [0.25, 0.3) is 0 Å². The first-order valence-corrected chi connectivity index (χ1v) is 10.1. The SMILES string of the molecule is N[C@@H]1[C@@H](O[C@@H]2[C@@H](O)[C@H](O)[C@@H](N)C[C@H]2N[C@H]2O[C@H](CO)[C@@H](O)[C@@H]2O)O[C@@H](CO)[C@H](O)[C@H]1O. The topological polar surface area (TPSA) is 254 Å². The average molecular weight is 455 g/mol. The summed E-state index contributed by atoms with van der Waals surface area (Å²) in [4.78, 5) is 0. The Balaban J connectivity index is 1.76. The molecule has 182 valence electrons. The molecular formula is C17H33N3O11. The minimum atomic E-state index is -1.54. The molecule has 0 spiro atoms. The summed E-state index contributed by atoms with van der Waals surface area (Å²) in [5.74, 6) is 0. The van der Waals surface area contributed by atoms with E-state index in [0.717, 1.165) is 0 Å². The van der Waals surface area contributed by atoms with Crippen molar-refractivity contribution in [1.29, 1.82) is 0 Å². The lowest BCUT2D eigenvalue weighted by Crippen LogP contribution is -2.68. The number of rotatable bonds is 6. The predicted molar refractivity (Wildman–Crippen MR) is 99.9 cm³/mol. The van der Waals surface area contributed by atoms with E-state index < -0.39 is 98.8 Å². The van der Waals surface area contributed by atoms with Crippen molar-refractivity contribution in [3.8, 4) is 0 Å². The summed E-state index contributed by atoms with van der Waals surface area (Å²) >= 11 is 0. The Hall–Kier alpha value is -0.560. The molecule has 0 aromatic carbocycles. The molecule has 2 aliphatic heterocycles. The second-order valence-electron chi connectivity index (χ2n) is 8.30. The number of nitrogens with one attached hydrogen (secondary N) is 1. The Morgan fingerprint density at radius 2 is 1.35 bits per heavy atom. The van der Waals surface area contributed by atoms with Crippen LogP contribution in [0.15, 0.2) is 0 Å². The second-order valence-corrected chi connectivity index (χ2v) is 8.30. The third kappa shape index (κ3) is 4.87. The van der Waals surface area contributed by atoms with Crippen molar-refractivity contribution in [2.75, 3.05) is 13.2 Å². The van der Waals surface area contributed by atoms with E-state index >= 15 is 0 Å². The lowest BCUT2D eigenvalue weighted by atomic mass is 9.83. The fraction of sp³-hybridized carbons (Fsp3) is 1.00. The first-order chi connectivity index (χ1) is 14.6. The standard InChI is InChI=1S/C17H33N3O11/c18-4-1-5(20-16-14(28)11(25)6(2-21)29-16)15(13(27)9(4)23)31-17-8(19)12(26)10(24)7(3-22)30-17/h4-17,20-28H,1-3,18-19H2/t4-,5+,6+,7-,8-,9+,10-,11+,12-,13-,14-,15-,16-,17+/m0/s1. The van der Waals surface area contributed by atoms with Gasteiger partial charge < -0.3 is 66.5 Å². The van der Waals surface area contributed by atoms with Crippen LogP contribution in [0.3, 0.4) is 0 Å². The maximum Gasteiger partial charge on any atom is 0.176 e. The van der Waals surface area contributed by atoms with E-state index in [4.69, 9.17) is 25.7 Å². The van der Waals surface area contributed by atoms with Crippen molar-refractivity contribution in [2.24, 2.45) is 11.5 Å². The van der Waals surface area contributed by atoms with Crippen LogP contribution in [-0.2, 0) is 14.2 Å². The number of hydrogen-bond donors (Lipinski definition) is 11. The van der Waals surface area contributed by atoms with Crippen LogP contribution in [0.1, 0.15) is 6.42 Å². The largest absolute Gasteiger partial charge is 0.394 e. The van der Waals surface area contributed by atoms with Gasteiger partial charge in [0, 0.05) is 12.1 Å². The van der Waals surface area contributed by atoms with Gasteiger partial charge in [-0.15, -0.1) is 0 Å². The fourth-order valence-electron chi connectivity index (χ4n) is 4.22. The van der Waals surface area contributed by atoms with Gasteiger partial charge >= 0.3 is 0 Å². The molecule has 1 saturated carbocycles. The van der Waals surface area contributed by atoms with Gasteiger partial charge in [-0.1, -0.05) is 0 Å². The normalized spacial score (nSPS) is 53.6. The second kappa shape index (κ2) is 10.1. The highest BCUT2D eigenvalue weighted by Gasteiger charge is 2.51. The summed E-state index contributed by atoms with van der Waals surface area (Å²) in [7, 11) is 0. The van der Waals surface area contributed by atoms with E-state index in [-0.39, 0.29) is 6.42 Å². The molecule has 14 nitrogen and oxygen atoms in total. The Kier molecular flexibility index (Phi) is 8.21. The van der Waals surface area contributed by atoms with Gasteiger partial charge in [0.2, 0.25) is 0 Å². The van der Waals surface area contributed by atoms with Crippen LogP contribution < -0.4 is 16.8 Å². The average Bonchev–Trinajstić information content (AvgIpc) is 3.02. The van der Waals surface area contributed by atoms with Crippen molar-refractivity contribution in [3.63, 3.8) is 0 Å². The maximum absolute atomic E-state index is 10.6. The molecular weight excluding hydrogens is 422 g/mol. The molecule has 1 aliphatic carbocycles. The van der Waals surface area contributed by atoms with E-state index in [2.05, 4.69) is 5.32 Å². The van der Waals surface area contributed by atoms with E-state index in [0.29, 0.717) is 0 Å². The Bertz CT molecular complexity index is 590. The van der Waals surface area contributed by atoms with Crippen LogP contribution in [0, 0.1) is 0 Å². The maximum atomic E-state index is 10.6.